The second-order valence-corrected chi connectivity index (χ2v) is 12.5. The molecule has 9 heteroatoms. The highest BCUT2D eigenvalue weighted by atomic mass is 16.5. The minimum Gasteiger partial charge on any atom is -0.379 e. The first-order valence-electron chi connectivity index (χ1n) is 15.8. The van der Waals surface area contributed by atoms with Crippen molar-refractivity contribution >= 4 is 23.0 Å². The first-order valence-corrected chi connectivity index (χ1v) is 15.8. The second-order valence-electron chi connectivity index (χ2n) is 12.5. The van der Waals surface area contributed by atoms with E-state index in [4.69, 9.17) is 9.47 Å². The third kappa shape index (κ3) is 6.16. The number of benzene rings is 1. The van der Waals surface area contributed by atoms with Crippen LogP contribution < -0.4 is 15.5 Å². The molecule has 230 valence electrons. The van der Waals surface area contributed by atoms with Gasteiger partial charge in [-0.3, -0.25) is 14.5 Å². The van der Waals surface area contributed by atoms with Crippen molar-refractivity contribution in [3.05, 3.63) is 59.4 Å². The zero-order chi connectivity index (χ0) is 30.1. The number of piperidine rings is 1. The van der Waals surface area contributed by atoms with Gasteiger partial charge in [0.15, 0.2) is 0 Å². The third-order valence-electron chi connectivity index (χ3n) is 9.60. The number of anilines is 1. The number of nitrogens with one attached hydrogen (secondary N) is 2. The minimum absolute atomic E-state index is 0.0240. The van der Waals surface area contributed by atoms with Crippen LogP contribution in [0, 0.1) is 18.8 Å². The monoisotopic (exact) mass is 587 g/mol. The molecule has 3 aliphatic rings. The Bertz CT molecular complexity index is 1470. The molecule has 2 aromatic heterocycles. The van der Waals surface area contributed by atoms with Gasteiger partial charge < -0.3 is 29.4 Å². The Morgan fingerprint density at radius 3 is 2.47 bits per heavy atom. The molecule has 0 spiro atoms. The summed E-state index contributed by atoms with van der Waals surface area (Å²) in [6.45, 7) is 15.1. The maximum Gasteiger partial charge on any atom is 0.251 e. The predicted octanol–water partition coefficient (Wildman–Crippen LogP) is 4.04. The van der Waals surface area contributed by atoms with Crippen LogP contribution >= 0.6 is 0 Å². The lowest BCUT2D eigenvalue weighted by Crippen LogP contribution is -2.50. The number of carbonyl (C=O) groups excluding carboxylic acids is 2. The van der Waals surface area contributed by atoms with Gasteiger partial charge in [-0.2, -0.15) is 0 Å². The van der Waals surface area contributed by atoms with Crippen molar-refractivity contribution in [2.75, 3.05) is 64.1 Å². The summed E-state index contributed by atoms with van der Waals surface area (Å²) >= 11 is 0. The molecule has 3 fully saturated rings. The van der Waals surface area contributed by atoms with Gasteiger partial charge in [0.25, 0.3) is 5.91 Å². The predicted molar refractivity (Wildman–Crippen MR) is 169 cm³/mol. The van der Waals surface area contributed by atoms with E-state index in [1.807, 2.05) is 13.0 Å². The molecule has 43 heavy (non-hydrogen) atoms. The number of hydrogen-bond acceptors (Lipinski definition) is 6. The van der Waals surface area contributed by atoms with E-state index in [-0.39, 0.29) is 35.7 Å². The largest absolute Gasteiger partial charge is 0.379 e. The quantitative estimate of drug-likeness (QED) is 0.434. The first kappa shape index (κ1) is 29.7. The van der Waals surface area contributed by atoms with E-state index in [1.54, 1.807) is 0 Å². The Hall–Kier alpha value is -3.40. The van der Waals surface area contributed by atoms with Crippen LogP contribution in [0.1, 0.15) is 54.8 Å². The van der Waals surface area contributed by atoms with Crippen molar-refractivity contribution in [1.29, 1.82) is 0 Å². The van der Waals surface area contributed by atoms with Crippen LogP contribution in [0.25, 0.3) is 16.6 Å². The molecule has 9 nitrogen and oxygen atoms in total. The van der Waals surface area contributed by atoms with Crippen LogP contribution in [-0.4, -0.2) is 86.3 Å². The summed E-state index contributed by atoms with van der Waals surface area (Å²) in [5, 5.41) is 6.16. The molecule has 6 rings (SSSR count). The normalized spacial score (nSPS) is 24.1. The van der Waals surface area contributed by atoms with Gasteiger partial charge in [-0.25, -0.2) is 0 Å². The van der Waals surface area contributed by atoms with Gasteiger partial charge in [-0.1, -0.05) is 19.1 Å². The lowest BCUT2D eigenvalue weighted by molar-refractivity contribution is -0.129. The molecule has 2 N–H and O–H groups in total. The molecular formula is C34H45N5O4. The molecule has 3 aromatic rings. The molecule has 3 aliphatic heterocycles. The van der Waals surface area contributed by atoms with Crippen molar-refractivity contribution in [3.8, 4) is 11.1 Å². The van der Waals surface area contributed by atoms with Crippen molar-refractivity contribution in [2.24, 2.45) is 11.8 Å². The highest BCUT2D eigenvalue weighted by molar-refractivity contribution is 5.97. The van der Waals surface area contributed by atoms with Crippen LogP contribution in [0.4, 0.5) is 5.69 Å². The van der Waals surface area contributed by atoms with Gasteiger partial charge in [0.1, 0.15) is 0 Å². The molecular weight excluding hydrogens is 542 g/mol. The van der Waals surface area contributed by atoms with Crippen LogP contribution in [0.5, 0.6) is 0 Å². The summed E-state index contributed by atoms with van der Waals surface area (Å²) in [4.78, 5) is 31.3. The molecule has 2 amide bonds. The highest BCUT2D eigenvalue weighted by Crippen LogP contribution is 2.33. The summed E-state index contributed by atoms with van der Waals surface area (Å²) < 4.78 is 13.5. The summed E-state index contributed by atoms with van der Waals surface area (Å²) in [5.74, 6) is -0.123. The van der Waals surface area contributed by atoms with E-state index in [0.29, 0.717) is 25.3 Å². The molecule has 0 aliphatic carbocycles. The van der Waals surface area contributed by atoms with Crippen molar-refractivity contribution < 1.29 is 19.1 Å². The Labute approximate surface area is 254 Å². The SMILES string of the molecule is Cc1c(C(=O)NCC2C(=O)NC(C)CC2C)cc2cc(-c3cccc(N4CCOCC4)c3)cn2c1C(C)N1CCOCC1. The van der Waals surface area contributed by atoms with Crippen LogP contribution in [0.15, 0.2) is 42.6 Å². The Kier molecular flexibility index (Phi) is 8.75. The number of morpholine rings is 2. The Morgan fingerprint density at radius 2 is 1.74 bits per heavy atom. The number of nitrogens with zero attached hydrogens (tertiary/aromatic N) is 3. The number of ether oxygens (including phenoxy) is 2. The molecule has 4 unspecified atom stereocenters. The van der Waals surface area contributed by atoms with E-state index in [1.165, 1.54) is 5.69 Å². The van der Waals surface area contributed by atoms with Gasteiger partial charge in [-0.05, 0) is 68.5 Å². The van der Waals surface area contributed by atoms with Crippen LogP contribution in [0.2, 0.25) is 0 Å². The van der Waals surface area contributed by atoms with Crippen molar-refractivity contribution in [1.82, 2.24) is 19.9 Å². The van der Waals surface area contributed by atoms with Crippen LogP contribution in [0.3, 0.4) is 0 Å². The third-order valence-corrected chi connectivity index (χ3v) is 9.60. The minimum atomic E-state index is -0.227. The molecule has 0 radical (unpaired) electrons. The van der Waals surface area contributed by atoms with E-state index >= 15 is 0 Å². The number of carbonyl (C=O) groups is 2. The molecule has 3 saturated heterocycles. The average Bonchev–Trinajstić information content (AvgIpc) is 3.44. The van der Waals surface area contributed by atoms with Gasteiger partial charge in [0, 0.05) is 79.0 Å². The highest BCUT2D eigenvalue weighted by Gasteiger charge is 2.33. The zero-order valence-electron chi connectivity index (χ0n) is 25.9. The zero-order valence-corrected chi connectivity index (χ0v) is 25.9. The van der Waals surface area contributed by atoms with E-state index < -0.39 is 0 Å². The molecule has 0 saturated carbocycles. The van der Waals surface area contributed by atoms with Gasteiger partial charge in [-0.15, -0.1) is 0 Å². The number of rotatable bonds is 7. The van der Waals surface area contributed by atoms with E-state index in [0.717, 1.165) is 73.7 Å². The van der Waals surface area contributed by atoms with Gasteiger partial charge in [0.2, 0.25) is 5.91 Å². The number of hydrogen-bond donors (Lipinski definition) is 2. The topological polar surface area (TPSA) is 87.5 Å². The summed E-state index contributed by atoms with van der Waals surface area (Å²) in [6.07, 6.45) is 3.13. The number of pyridine rings is 1. The standard InChI is InChI=1S/C34H45N5O4/c1-22-16-23(2)36-34(41)31(22)20-35-33(40)30-19-29-18-27(26-6-5-7-28(17-26)38-10-14-43-15-11-38)21-39(29)32(24(30)3)25(4)37-8-12-42-13-9-37/h5-7,17-19,21-23,25,31H,8-16,20H2,1-4H3,(H,35,40)(H,36,41). The number of amides is 2. The smallest absolute Gasteiger partial charge is 0.251 e. The first-order chi connectivity index (χ1) is 20.8. The summed E-state index contributed by atoms with van der Waals surface area (Å²) in [5.41, 5.74) is 7.17. The average molecular weight is 588 g/mol. The lowest BCUT2D eigenvalue weighted by atomic mass is 9.84. The summed E-state index contributed by atoms with van der Waals surface area (Å²) in [6, 6.07) is 13.1. The molecule has 5 heterocycles. The molecule has 0 bridgehead atoms. The maximum absolute atomic E-state index is 13.8. The van der Waals surface area contributed by atoms with E-state index in [9.17, 15) is 9.59 Å². The van der Waals surface area contributed by atoms with E-state index in [2.05, 4.69) is 82.1 Å². The van der Waals surface area contributed by atoms with Gasteiger partial charge in [0.05, 0.1) is 32.3 Å². The Balaban J connectivity index is 1.35. The maximum atomic E-state index is 13.8. The number of aromatic nitrogens is 1. The number of fused-ring (bicyclic) bond motifs is 1. The Morgan fingerprint density at radius 1 is 1.02 bits per heavy atom. The fraction of sp³-hybridized carbons (Fsp3) is 0.529. The summed E-state index contributed by atoms with van der Waals surface area (Å²) in [7, 11) is 0. The van der Waals surface area contributed by atoms with Crippen molar-refractivity contribution in [3.63, 3.8) is 0 Å². The second kappa shape index (κ2) is 12.7. The molecule has 1 aromatic carbocycles. The fourth-order valence-corrected chi connectivity index (χ4v) is 7.11. The molecule has 4 atom stereocenters. The lowest BCUT2D eigenvalue weighted by Gasteiger charge is -2.34. The van der Waals surface area contributed by atoms with Crippen LogP contribution in [-0.2, 0) is 14.3 Å². The van der Waals surface area contributed by atoms with Gasteiger partial charge >= 0.3 is 0 Å². The fourth-order valence-electron chi connectivity index (χ4n) is 7.11. The van der Waals surface area contributed by atoms with Crippen molar-refractivity contribution in [2.45, 2.75) is 46.2 Å².